The summed E-state index contributed by atoms with van der Waals surface area (Å²) >= 11 is 0. The summed E-state index contributed by atoms with van der Waals surface area (Å²) < 4.78 is 0. The lowest BCUT2D eigenvalue weighted by molar-refractivity contribution is 0.888. The van der Waals surface area contributed by atoms with E-state index in [4.69, 9.17) is 9.97 Å². The van der Waals surface area contributed by atoms with Gasteiger partial charge in [0.2, 0.25) is 5.95 Å². The highest BCUT2D eigenvalue weighted by atomic mass is 15.3. The fourth-order valence-corrected chi connectivity index (χ4v) is 3.06. The van der Waals surface area contributed by atoms with Crippen molar-refractivity contribution in [2.75, 3.05) is 18.0 Å². The summed E-state index contributed by atoms with van der Waals surface area (Å²) in [6.45, 7) is 4.21. The van der Waals surface area contributed by atoms with Crippen molar-refractivity contribution in [2.45, 2.75) is 19.8 Å². The van der Waals surface area contributed by atoms with Gasteiger partial charge in [0.25, 0.3) is 0 Å². The molecule has 0 bridgehead atoms. The molecule has 1 aromatic carbocycles. The quantitative estimate of drug-likeness (QED) is 0.863. The van der Waals surface area contributed by atoms with Gasteiger partial charge in [0.1, 0.15) is 0 Å². The zero-order valence-electron chi connectivity index (χ0n) is 13.4. The molecule has 23 heavy (non-hydrogen) atoms. The number of anilines is 1. The lowest BCUT2D eigenvalue weighted by atomic mass is 10.0. The smallest absolute Gasteiger partial charge is 0.226 e. The van der Waals surface area contributed by atoms with E-state index in [1.807, 2.05) is 0 Å². The zero-order chi connectivity index (χ0) is 15.6. The number of nitrogens with zero attached hydrogens (tertiary/aromatic N) is 3. The Morgan fingerprint density at radius 2 is 1.52 bits per heavy atom. The van der Waals surface area contributed by atoms with Crippen molar-refractivity contribution >= 4 is 5.95 Å². The van der Waals surface area contributed by atoms with Gasteiger partial charge in [0.05, 0.1) is 11.4 Å². The van der Waals surface area contributed by atoms with Crippen LogP contribution in [0.2, 0.25) is 0 Å². The van der Waals surface area contributed by atoms with Crippen molar-refractivity contribution in [2.24, 2.45) is 0 Å². The number of hydrogen-bond donors (Lipinski definition) is 0. The van der Waals surface area contributed by atoms with Gasteiger partial charge in [-0.25, -0.2) is 9.97 Å². The Morgan fingerprint density at radius 3 is 2.22 bits per heavy atom. The summed E-state index contributed by atoms with van der Waals surface area (Å²) in [5.41, 5.74) is 4.41. The van der Waals surface area contributed by atoms with Gasteiger partial charge < -0.3 is 4.90 Å². The molecule has 2 fully saturated rings. The summed E-state index contributed by atoms with van der Waals surface area (Å²) in [6.07, 6.45) is 10.8. The second-order valence-electron chi connectivity index (χ2n) is 6.17. The monoisotopic (exact) mass is 302 g/mol. The van der Waals surface area contributed by atoms with Gasteiger partial charge in [-0.2, -0.15) is 0 Å². The van der Waals surface area contributed by atoms with Gasteiger partial charge >= 0.3 is 0 Å². The van der Waals surface area contributed by atoms with E-state index in [-0.39, 0.29) is 0 Å². The van der Waals surface area contributed by atoms with E-state index in [0.717, 1.165) is 41.9 Å². The van der Waals surface area contributed by atoms with Crippen LogP contribution < -0.4 is 4.90 Å². The minimum absolute atomic E-state index is 0.858. The van der Waals surface area contributed by atoms with Crippen molar-refractivity contribution in [1.29, 1.82) is 0 Å². The van der Waals surface area contributed by atoms with Gasteiger partial charge in [0, 0.05) is 24.6 Å². The molecule has 0 amide bonds. The van der Waals surface area contributed by atoms with Crippen LogP contribution in [0.1, 0.15) is 24.1 Å². The van der Waals surface area contributed by atoms with Crippen LogP contribution in [0.15, 0.2) is 30.3 Å². The van der Waals surface area contributed by atoms with Gasteiger partial charge in [-0.15, -0.1) is 0 Å². The molecule has 115 valence electrons. The third kappa shape index (κ3) is 3.10. The van der Waals surface area contributed by atoms with Gasteiger partial charge in [0.15, 0.2) is 0 Å². The summed E-state index contributed by atoms with van der Waals surface area (Å²) in [6, 6.07) is 10.6. The van der Waals surface area contributed by atoms with Crippen molar-refractivity contribution in [3.8, 4) is 11.3 Å². The maximum Gasteiger partial charge on any atom is 0.226 e. The zero-order valence-corrected chi connectivity index (χ0v) is 13.4. The highest BCUT2D eigenvalue weighted by molar-refractivity contribution is 5.64. The van der Waals surface area contributed by atoms with Crippen molar-refractivity contribution in [3.63, 3.8) is 0 Å². The van der Waals surface area contributed by atoms with Gasteiger partial charge in [-0.3, -0.25) is 0 Å². The Labute approximate surface area is 138 Å². The fourth-order valence-electron chi connectivity index (χ4n) is 3.06. The van der Waals surface area contributed by atoms with Crippen LogP contribution in [0.4, 0.5) is 5.95 Å². The third-order valence-electron chi connectivity index (χ3n) is 4.41. The van der Waals surface area contributed by atoms with E-state index in [1.165, 1.54) is 18.4 Å². The van der Waals surface area contributed by atoms with Crippen LogP contribution in [0.25, 0.3) is 11.3 Å². The summed E-state index contributed by atoms with van der Waals surface area (Å²) in [7, 11) is 0. The first-order valence-corrected chi connectivity index (χ1v) is 8.23. The molecule has 1 aromatic heterocycles. The normalized spacial score (nSPS) is 18.7. The van der Waals surface area contributed by atoms with E-state index in [0.29, 0.717) is 0 Å². The number of aromatic nitrogens is 2. The Morgan fingerprint density at radius 1 is 0.870 bits per heavy atom. The van der Waals surface area contributed by atoms with Crippen molar-refractivity contribution in [3.05, 3.63) is 73.2 Å². The fraction of sp³-hybridized carbons (Fsp3) is 0.250. The van der Waals surface area contributed by atoms with Crippen LogP contribution in [-0.4, -0.2) is 23.1 Å². The summed E-state index contributed by atoms with van der Waals surface area (Å²) in [4.78, 5) is 12.0. The van der Waals surface area contributed by atoms with E-state index in [9.17, 15) is 0 Å². The Kier molecular flexibility index (Phi) is 4.02. The van der Waals surface area contributed by atoms with Gasteiger partial charge in [-0.1, -0.05) is 29.8 Å². The first-order valence-electron chi connectivity index (χ1n) is 8.23. The lowest BCUT2D eigenvalue weighted by Crippen LogP contribution is -2.21. The maximum absolute atomic E-state index is 4.84. The largest absolute Gasteiger partial charge is 0.341 e. The lowest BCUT2D eigenvalue weighted by Gasteiger charge is -2.19. The summed E-state index contributed by atoms with van der Waals surface area (Å²) in [5, 5.41) is 0. The molecule has 0 spiro atoms. The second kappa shape index (κ2) is 6.31. The molecule has 3 heteroatoms. The number of rotatable bonds is 3. The molecule has 2 heterocycles. The summed E-state index contributed by atoms with van der Waals surface area (Å²) in [5.74, 6) is 2.01. The van der Waals surface area contributed by atoms with E-state index in [2.05, 4.69) is 67.8 Å². The minimum atomic E-state index is 0.858. The molecule has 3 nitrogen and oxygen atoms in total. The molecule has 0 N–H and O–H groups in total. The molecule has 2 aromatic rings. The number of hydrogen-bond acceptors (Lipinski definition) is 3. The van der Waals surface area contributed by atoms with Crippen molar-refractivity contribution in [1.82, 2.24) is 9.97 Å². The molecule has 0 unspecified atom stereocenters. The number of benzene rings is 1. The predicted molar refractivity (Wildman–Crippen MR) is 93.2 cm³/mol. The molecular formula is C20H20N3. The highest BCUT2D eigenvalue weighted by Crippen LogP contribution is 2.32. The first kappa shape index (κ1) is 14.7. The molecular weight excluding hydrogens is 282 g/mol. The molecule has 0 atom stereocenters. The Balaban J connectivity index is 1.75. The molecule has 1 saturated carbocycles. The van der Waals surface area contributed by atoms with Crippen LogP contribution in [0, 0.1) is 38.5 Å². The minimum Gasteiger partial charge on any atom is -0.341 e. The average Bonchev–Trinajstić information content (AvgIpc) is 3.29. The SMILES string of the molecule is Cc1ccc(-c2cc([C]3[CH][CH][CH][CH]3)nc(N3CCCC3)n2)cc1. The molecule has 1 aliphatic carbocycles. The predicted octanol–water partition coefficient (Wildman–Crippen LogP) is 3.81. The standard InChI is InChI=1S/C20H20N3/c1-15-8-10-17(11-9-15)19-14-18(16-6-2-3-7-16)21-20(22-19)23-12-4-5-13-23/h2-3,6-11,14H,4-5,12-13H2,1H3. The molecule has 5 radical (unpaired) electrons. The van der Waals surface area contributed by atoms with Crippen LogP contribution >= 0.6 is 0 Å². The third-order valence-corrected chi connectivity index (χ3v) is 4.41. The topological polar surface area (TPSA) is 29.0 Å². The molecule has 1 saturated heterocycles. The van der Waals surface area contributed by atoms with Crippen LogP contribution in [0.3, 0.4) is 0 Å². The maximum atomic E-state index is 4.84. The van der Waals surface area contributed by atoms with Crippen molar-refractivity contribution < 1.29 is 0 Å². The molecule has 2 aliphatic rings. The number of aryl methyl sites for hydroxylation is 1. The van der Waals surface area contributed by atoms with Crippen LogP contribution in [0.5, 0.6) is 0 Å². The van der Waals surface area contributed by atoms with E-state index >= 15 is 0 Å². The van der Waals surface area contributed by atoms with E-state index < -0.39 is 0 Å². The van der Waals surface area contributed by atoms with Crippen LogP contribution in [-0.2, 0) is 0 Å². The Hall–Kier alpha value is -1.90. The highest BCUT2D eigenvalue weighted by Gasteiger charge is 2.24. The van der Waals surface area contributed by atoms with E-state index in [1.54, 1.807) is 0 Å². The first-order chi connectivity index (χ1) is 11.3. The Bertz CT molecular complexity index is 632. The molecule has 4 rings (SSSR count). The average molecular weight is 302 g/mol. The van der Waals surface area contributed by atoms with Gasteiger partial charge in [-0.05, 0) is 51.5 Å². The molecule has 1 aliphatic heterocycles. The second-order valence-corrected chi connectivity index (χ2v) is 6.17.